The first-order valence-electron chi connectivity index (χ1n) is 7.90. The van der Waals surface area contributed by atoms with E-state index in [1.165, 1.54) is 6.07 Å². The minimum Gasteiger partial charge on any atom is -0.322 e. The molecule has 0 saturated heterocycles. The Labute approximate surface area is 144 Å². The van der Waals surface area contributed by atoms with Gasteiger partial charge in [-0.3, -0.25) is 19.7 Å². The number of carbonyl (C=O) groups is 2. The predicted molar refractivity (Wildman–Crippen MR) is 94.0 cm³/mol. The van der Waals surface area contributed by atoms with Crippen molar-refractivity contribution < 1.29 is 14.5 Å². The normalized spacial score (nSPS) is 12.9. The van der Waals surface area contributed by atoms with Crippen LogP contribution in [0.1, 0.15) is 28.4 Å². The molecular weight excluding hydrogens is 322 g/mol. The maximum atomic E-state index is 12.4. The lowest BCUT2D eigenvalue weighted by Crippen LogP contribution is -2.25. The summed E-state index contributed by atoms with van der Waals surface area (Å²) in [5.74, 6) is -0.394. The Kier molecular flexibility index (Phi) is 4.22. The number of nitrogens with zero attached hydrogens (tertiary/aromatic N) is 2. The lowest BCUT2D eigenvalue weighted by atomic mass is 10.1. The SMILES string of the molecule is CCN1C(=O)Cc2cc(NC(=O)c3ccc(C)c([N+](=O)[O-])c3)ccc21. The van der Waals surface area contributed by atoms with E-state index in [9.17, 15) is 19.7 Å². The number of aryl methyl sites for hydroxylation is 1. The van der Waals surface area contributed by atoms with E-state index in [-0.39, 0.29) is 17.2 Å². The maximum Gasteiger partial charge on any atom is 0.273 e. The van der Waals surface area contributed by atoms with E-state index in [0.717, 1.165) is 11.3 Å². The van der Waals surface area contributed by atoms with Gasteiger partial charge in [0.1, 0.15) is 0 Å². The minimum atomic E-state index is -0.507. The Hall–Kier alpha value is -3.22. The topological polar surface area (TPSA) is 92.6 Å². The summed E-state index contributed by atoms with van der Waals surface area (Å²) in [5.41, 5.74) is 2.89. The molecule has 2 aromatic carbocycles. The number of anilines is 2. The van der Waals surface area contributed by atoms with Crippen molar-refractivity contribution in [2.45, 2.75) is 20.3 Å². The second kappa shape index (κ2) is 6.35. The number of hydrogen-bond donors (Lipinski definition) is 1. The number of nitrogens with one attached hydrogen (secondary N) is 1. The molecule has 25 heavy (non-hydrogen) atoms. The van der Waals surface area contributed by atoms with E-state index >= 15 is 0 Å². The van der Waals surface area contributed by atoms with Crippen LogP contribution in [0.5, 0.6) is 0 Å². The predicted octanol–water partition coefficient (Wildman–Crippen LogP) is 3.06. The number of nitro groups is 1. The molecule has 0 spiro atoms. The number of fused-ring (bicyclic) bond motifs is 1. The Balaban J connectivity index is 1.83. The van der Waals surface area contributed by atoms with Crippen LogP contribution in [0, 0.1) is 17.0 Å². The third-order valence-corrected chi connectivity index (χ3v) is 4.26. The summed E-state index contributed by atoms with van der Waals surface area (Å²) in [6.07, 6.45) is 0.308. The molecular formula is C18H17N3O4. The van der Waals surface area contributed by atoms with E-state index in [0.29, 0.717) is 24.2 Å². The summed E-state index contributed by atoms with van der Waals surface area (Å²) in [6.45, 7) is 4.13. The Morgan fingerprint density at radius 1 is 1.28 bits per heavy atom. The molecule has 128 valence electrons. The molecule has 0 radical (unpaired) electrons. The van der Waals surface area contributed by atoms with E-state index < -0.39 is 10.8 Å². The summed E-state index contributed by atoms with van der Waals surface area (Å²) in [4.78, 5) is 36.5. The van der Waals surface area contributed by atoms with Gasteiger partial charge in [0.2, 0.25) is 5.91 Å². The molecule has 1 heterocycles. The van der Waals surface area contributed by atoms with E-state index in [1.807, 2.05) is 6.92 Å². The van der Waals surface area contributed by atoms with Gasteiger partial charge in [0.15, 0.2) is 0 Å². The first-order chi connectivity index (χ1) is 11.9. The van der Waals surface area contributed by atoms with Gasteiger partial charge in [-0.05, 0) is 43.7 Å². The van der Waals surface area contributed by atoms with Crippen LogP contribution in [-0.4, -0.2) is 23.3 Å². The van der Waals surface area contributed by atoms with Gasteiger partial charge >= 0.3 is 0 Å². The lowest BCUT2D eigenvalue weighted by Gasteiger charge is -2.15. The number of benzene rings is 2. The molecule has 7 nitrogen and oxygen atoms in total. The smallest absolute Gasteiger partial charge is 0.273 e. The highest BCUT2D eigenvalue weighted by molar-refractivity contribution is 6.06. The molecule has 0 bridgehead atoms. The number of nitro benzene ring substituents is 1. The average Bonchev–Trinajstić information content (AvgIpc) is 2.89. The van der Waals surface area contributed by atoms with Crippen LogP contribution >= 0.6 is 0 Å². The molecule has 2 aromatic rings. The third kappa shape index (κ3) is 3.08. The molecule has 0 aromatic heterocycles. The maximum absolute atomic E-state index is 12.4. The molecule has 0 unspecified atom stereocenters. The van der Waals surface area contributed by atoms with Gasteiger partial charge in [-0.1, -0.05) is 6.07 Å². The number of hydrogen-bond acceptors (Lipinski definition) is 4. The summed E-state index contributed by atoms with van der Waals surface area (Å²) in [7, 11) is 0. The van der Waals surface area contributed by atoms with Crippen molar-refractivity contribution in [3.8, 4) is 0 Å². The van der Waals surface area contributed by atoms with Crippen LogP contribution in [0.2, 0.25) is 0 Å². The zero-order chi connectivity index (χ0) is 18.1. The van der Waals surface area contributed by atoms with Crippen molar-refractivity contribution in [3.05, 3.63) is 63.2 Å². The zero-order valence-electron chi connectivity index (χ0n) is 13.9. The monoisotopic (exact) mass is 339 g/mol. The van der Waals surface area contributed by atoms with Crippen molar-refractivity contribution in [3.63, 3.8) is 0 Å². The van der Waals surface area contributed by atoms with Gasteiger partial charge in [-0.2, -0.15) is 0 Å². The fourth-order valence-electron chi connectivity index (χ4n) is 2.96. The highest BCUT2D eigenvalue weighted by Crippen LogP contribution is 2.31. The molecule has 0 atom stereocenters. The van der Waals surface area contributed by atoms with Gasteiger partial charge in [0.25, 0.3) is 11.6 Å². The zero-order valence-corrected chi connectivity index (χ0v) is 13.9. The number of likely N-dealkylation sites (N-methyl/N-ethyl adjacent to an activating group) is 1. The second-order valence-corrected chi connectivity index (χ2v) is 5.87. The summed E-state index contributed by atoms with van der Waals surface area (Å²) >= 11 is 0. The Morgan fingerprint density at radius 2 is 2.04 bits per heavy atom. The quantitative estimate of drug-likeness (QED) is 0.684. The first-order valence-corrected chi connectivity index (χ1v) is 7.90. The Bertz CT molecular complexity index is 892. The van der Waals surface area contributed by atoms with Crippen molar-refractivity contribution in [1.29, 1.82) is 0 Å². The van der Waals surface area contributed by atoms with Crippen molar-refractivity contribution in [2.24, 2.45) is 0 Å². The average molecular weight is 339 g/mol. The van der Waals surface area contributed by atoms with Crippen LogP contribution in [0.3, 0.4) is 0 Å². The lowest BCUT2D eigenvalue weighted by molar-refractivity contribution is -0.385. The van der Waals surface area contributed by atoms with Crippen LogP contribution in [-0.2, 0) is 11.2 Å². The van der Waals surface area contributed by atoms with Crippen molar-refractivity contribution >= 4 is 28.9 Å². The van der Waals surface area contributed by atoms with E-state index in [4.69, 9.17) is 0 Å². The minimum absolute atomic E-state index is 0.0372. The fourth-order valence-corrected chi connectivity index (χ4v) is 2.96. The first kappa shape index (κ1) is 16.6. The van der Waals surface area contributed by atoms with Crippen molar-refractivity contribution in [2.75, 3.05) is 16.8 Å². The number of carbonyl (C=O) groups excluding carboxylic acids is 2. The summed E-state index contributed by atoms with van der Waals surface area (Å²) in [5, 5.41) is 13.7. The van der Waals surface area contributed by atoms with Crippen LogP contribution in [0.15, 0.2) is 36.4 Å². The standard InChI is InChI=1S/C18H17N3O4/c1-3-20-15-7-6-14(8-13(15)10-17(20)22)19-18(23)12-5-4-11(2)16(9-12)21(24)25/h4-9H,3,10H2,1-2H3,(H,19,23). The molecule has 7 heteroatoms. The molecule has 0 fully saturated rings. The number of amides is 2. The molecule has 1 aliphatic rings. The molecule has 0 aliphatic carbocycles. The summed E-state index contributed by atoms with van der Waals surface area (Å²) in [6, 6.07) is 9.65. The van der Waals surface area contributed by atoms with E-state index in [1.54, 1.807) is 42.2 Å². The largest absolute Gasteiger partial charge is 0.322 e. The molecule has 1 N–H and O–H groups in total. The molecule has 2 amide bonds. The van der Waals surface area contributed by atoms with Crippen LogP contribution in [0.4, 0.5) is 17.1 Å². The third-order valence-electron chi connectivity index (χ3n) is 4.26. The van der Waals surface area contributed by atoms with Crippen molar-refractivity contribution in [1.82, 2.24) is 0 Å². The van der Waals surface area contributed by atoms with Crippen LogP contribution < -0.4 is 10.2 Å². The Morgan fingerprint density at radius 3 is 2.72 bits per heavy atom. The number of rotatable bonds is 4. The van der Waals surface area contributed by atoms with Gasteiger partial charge in [0, 0.05) is 35.1 Å². The van der Waals surface area contributed by atoms with Gasteiger partial charge in [-0.25, -0.2) is 0 Å². The van der Waals surface area contributed by atoms with Gasteiger partial charge in [0.05, 0.1) is 11.3 Å². The fraction of sp³-hybridized carbons (Fsp3) is 0.222. The second-order valence-electron chi connectivity index (χ2n) is 5.87. The highest BCUT2D eigenvalue weighted by Gasteiger charge is 2.26. The van der Waals surface area contributed by atoms with Gasteiger partial charge < -0.3 is 10.2 Å². The van der Waals surface area contributed by atoms with Crippen LogP contribution in [0.25, 0.3) is 0 Å². The molecule has 1 aliphatic heterocycles. The van der Waals surface area contributed by atoms with E-state index in [2.05, 4.69) is 5.32 Å². The van der Waals surface area contributed by atoms with Gasteiger partial charge in [-0.15, -0.1) is 0 Å². The highest BCUT2D eigenvalue weighted by atomic mass is 16.6. The molecule has 3 rings (SSSR count). The summed E-state index contributed by atoms with van der Waals surface area (Å²) < 4.78 is 0. The molecule has 0 saturated carbocycles.